The topological polar surface area (TPSA) is 192 Å². The summed E-state index contributed by atoms with van der Waals surface area (Å²) in [5, 5.41) is 0. The van der Waals surface area contributed by atoms with Crippen LogP contribution in [0.1, 0.15) is 71.6 Å². The molecule has 4 aliphatic rings. The van der Waals surface area contributed by atoms with Crippen LogP contribution < -0.4 is 40.1 Å². The first-order valence-electron chi connectivity index (χ1n) is 15.4. The SMILES string of the molecule is C.C=CN.C=CN.C=CN.NC=CC1CC1.NC=CC=CN1CCCC1.NC=CN1CCCCC1.NC=CN1CCCCC1. The molecule has 44 heavy (non-hydrogen) atoms. The largest absolute Gasteiger partial charge is 0.405 e. The number of nitrogens with two attached hydrogens (primary N) is 7. The molecule has 4 rings (SSSR count). The van der Waals surface area contributed by atoms with Crippen molar-refractivity contribution in [1.82, 2.24) is 14.7 Å². The molecule has 10 heteroatoms. The van der Waals surface area contributed by atoms with Gasteiger partial charge in [-0.3, -0.25) is 0 Å². The molecule has 0 unspecified atom stereocenters. The Morgan fingerprint density at radius 1 is 0.432 bits per heavy atom. The van der Waals surface area contributed by atoms with E-state index in [1.165, 1.54) is 122 Å². The van der Waals surface area contributed by atoms with Gasteiger partial charge in [-0.25, -0.2) is 0 Å². The summed E-state index contributed by atoms with van der Waals surface area (Å²) in [4.78, 5) is 6.84. The molecule has 256 valence electrons. The Balaban J connectivity index is -0.000000223. The molecule has 10 nitrogen and oxygen atoms in total. The Morgan fingerprint density at radius 3 is 1.00 bits per heavy atom. The smallest absolute Gasteiger partial charge is 0.0173 e. The van der Waals surface area contributed by atoms with E-state index >= 15 is 0 Å². The first kappa shape index (κ1) is 46.9. The number of likely N-dealkylation sites (tertiary alicyclic amines) is 3. The number of hydrogen-bond donors (Lipinski definition) is 7. The average Bonchev–Trinajstić information content (AvgIpc) is 3.68. The van der Waals surface area contributed by atoms with Crippen molar-refractivity contribution in [3.63, 3.8) is 0 Å². The Morgan fingerprint density at radius 2 is 0.750 bits per heavy atom. The van der Waals surface area contributed by atoms with Crippen LogP contribution in [0.25, 0.3) is 0 Å². The predicted octanol–water partition coefficient (Wildman–Crippen LogP) is 4.64. The molecule has 3 aliphatic heterocycles. The molecular weight excluding hydrogens is 548 g/mol. The van der Waals surface area contributed by atoms with E-state index in [0.29, 0.717) is 0 Å². The Hall–Kier alpha value is -4.08. The summed E-state index contributed by atoms with van der Waals surface area (Å²) in [5.74, 6) is 0.843. The summed E-state index contributed by atoms with van der Waals surface area (Å²) in [6.45, 7) is 16.6. The fourth-order valence-electron chi connectivity index (χ4n) is 3.95. The van der Waals surface area contributed by atoms with Crippen LogP contribution >= 0.6 is 0 Å². The average molecular weight is 619 g/mol. The van der Waals surface area contributed by atoms with E-state index in [4.69, 9.17) is 22.9 Å². The molecule has 1 saturated carbocycles. The molecule has 0 bridgehead atoms. The van der Waals surface area contributed by atoms with Crippen LogP contribution in [0.15, 0.2) is 100.0 Å². The molecular formula is C34H70N10. The zero-order valence-corrected chi connectivity index (χ0v) is 26.9. The summed E-state index contributed by atoms with van der Waals surface area (Å²) in [6.07, 6.45) is 35.5. The molecule has 0 atom stereocenters. The van der Waals surface area contributed by atoms with Gasteiger partial charge in [0.05, 0.1) is 0 Å². The molecule has 1 aliphatic carbocycles. The monoisotopic (exact) mass is 619 g/mol. The number of rotatable bonds is 5. The maximum atomic E-state index is 5.24. The van der Waals surface area contributed by atoms with Crippen molar-refractivity contribution in [1.29, 1.82) is 0 Å². The van der Waals surface area contributed by atoms with Crippen LogP contribution in [-0.4, -0.2) is 54.0 Å². The van der Waals surface area contributed by atoms with Gasteiger partial charge in [-0.15, -0.1) is 0 Å². The molecule has 4 fully saturated rings. The van der Waals surface area contributed by atoms with E-state index in [1.54, 1.807) is 24.8 Å². The van der Waals surface area contributed by atoms with E-state index in [9.17, 15) is 0 Å². The molecule has 0 aromatic heterocycles. The molecule has 14 N–H and O–H groups in total. The normalized spacial score (nSPS) is 17.0. The number of piperidine rings is 2. The van der Waals surface area contributed by atoms with Crippen molar-refractivity contribution in [2.75, 3.05) is 39.3 Å². The fourth-order valence-corrected chi connectivity index (χ4v) is 3.95. The molecule has 0 spiro atoms. The van der Waals surface area contributed by atoms with E-state index < -0.39 is 0 Å². The minimum absolute atomic E-state index is 0. The zero-order chi connectivity index (χ0) is 32.8. The van der Waals surface area contributed by atoms with Crippen molar-refractivity contribution < 1.29 is 0 Å². The Bertz CT molecular complexity index is 684. The van der Waals surface area contributed by atoms with Crippen molar-refractivity contribution in [3.05, 3.63) is 100.0 Å². The summed E-state index contributed by atoms with van der Waals surface area (Å²) < 4.78 is 0. The minimum atomic E-state index is 0. The molecule has 0 radical (unpaired) electrons. The van der Waals surface area contributed by atoms with Gasteiger partial charge in [0.1, 0.15) is 0 Å². The zero-order valence-electron chi connectivity index (χ0n) is 26.9. The van der Waals surface area contributed by atoms with Crippen molar-refractivity contribution in [3.8, 4) is 0 Å². The highest BCUT2D eigenvalue weighted by atomic mass is 15.1. The highest BCUT2D eigenvalue weighted by molar-refractivity contribution is 5.00. The van der Waals surface area contributed by atoms with Crippen molar-refractivity contribution in [2.45, 2.75) is 71.6 Å². The van der Waals surface area contributed by atoms with E-state index in [-0.39, 0.29) is 7.43 Å². The van der Waals surface area contributed by atoms with Crippen LogP contribution in [0.3, 0.4) is 0 Å². The Kier molecular flexibility index (Phi) is 43.7. The second kappa shape index (κ2) is 41.1. The maximum Gasteiger partial charge on any atom is 0.0173 e. The Labute approximate surface area is 271 Å². The highest BCUT2D eigenvalue weighted by Crippen LogP contribution is 2.29. The van der Waals surface area contributed by atoms with Gasteiger partial charge in [-0.2, -0.15) is 0 Å². The van der Waals surface area contributed by atoms with Crippen LogP contribution in [0.2, 0.25) is 0 Å². The quantitative estimate of drug-likeness (QED) is 0.213. The lowest BCUT2D eigenvalue weighted by molar-refractivity contribution is 0.309. The molecule has 0 aromatic carbocycles. The maximum absolute atomic E-state index is 5.24. The van der Waals surface area contributed by atoms with Crippen LogP contribution in [-0.2, 0) is 0 Å². The first-order valence-corrected chi connectivity index (χ1v) is 15.4. The molecule has 3 heterocycles. The number of nitrogens with zero attached hydrogens (tertiary/aromatic N) is 3. The number of hydrogen-bond acceptors (Lipinski definition) is 10. The van der Waals surface area contributed by atoms with E-state index in [1.807, 2.05) is 24.6 Å². The second-order valence-electron chi connectivity index (χ2n) is 9.78. The van der Waals surface area contributed by atoms with Crippen LogP contribution in [0, 0.1) is 5.92 Å². The lowest BCUT2D eigenvalue weighted by Crippen LogP contribution is -2.24. The van der Waals surface area contributed by atoms with Crippen molar-refractivity contribution in [2.24, 2.45) is 46.1 Å². The third-order valence-electron chi connectivity index (χ3n) is 6.04. The molecule has 0 aromatic rings. The van der Waals surface area contributed by atoms with Gasteiger partial charge < -0.3 is 54.8 Å². The summed E-state index contributed by atoms with van der Waals surface area (Å²) in [6, 6.07) is 0. The second-order valence-corrected chi connectivity index (χ2v) is 9.78. The van der Waals surface area contributed by atoms with Gasteiger partial charge in [0, 0.05) is 64.1 Å². The standard InChI is InChI=1S/C8H14N2.2C7H14N2.C5H9N.3C2H5N.CH4/c9-5-1-2-6-10-7-3-4-8-10;2*8-4-7-9-5-2-1-3-6-9;6-4-3-5-1-2-5;3*1-2-3;/h1-2,5-6H,3-4,7-9H2;2*4,7H,1-3,5-6,8H2;3-5H,1-2,6H2;3*2H,1,3H2;1H4. The van der Waals surface area contributed by atoms with Gasteiger partial charge in [0.15, 0.2) is 0 Å². The predicted molar refractivity (Wildman–Crippen MR) is 197 cm³/mol. The van der Waals surface area contributed by atoms with Gasteiger partial charge in [-0.1, -0.05) is 33.2 Å². The molecule has 0 amide bonds. The third kappa shape index (κ3) is 40.1. The summed E-state index contributed by atoms with van der Waals surface area (Å²) >= 11 is 0. The fraction of sp³-hybridized carbons (Fsp3) is 0.529. The highest BCUT2D eigenvalue weighted by Gasteiger charge is 2.16. The van der Waals surface area contributed by atoms with Crippen molar-refractivity contribution >= 4 is 0 Å². The lowest BCUT2D eigenvalue weighted by Gasteiger charge is -2.24. The van der Waals surface area contributed by atoms with Crippen LogP contribution in [0.5, 0.6) is 0 Å². The van der Waals surface area contributed by atoms with Gasteiger partial charge in [0.2, 0.25) is 0 Å². The van der Waals surface area contributed by atoms with E-state index in [2.05, 4.69) is 63.9 Å². The summed E-state index contributed by atoms with van der Waals surface area (Å²) in [5.41, 5.74) is 34.6. The van der Waals surface area contributed by atoms with Gasteiger partial charge in [-0.05, 0) is 119 Å². The minimum Gasteiger partial charge on any atom is -0.405 e. The molecule has 3 saturated heterocycles. The lowest BCUT2D eigenvalue weighted by atomic mass is 10.1. The summed E-state index contributed by atoms with van der Waals surface area (Å²) in [7, 11) is 0. The number of allylic oxidation sites excluding steroid dienone is 3. The van der Waals surface area contributed by atoms with Crippen LogP contribution in [0.4, 0.5) is 0 Å². The van der Waals surface area contributed by atoms with E-state index in [0.717, 1.165) is 5.92 Å². The van der Waals surface area contributed by atoms with Gasteiger partial charge >= 0.3 is 0 Å². The van der Waals surface area contributed by atoms with Gasteiger partial charge in [0.25, 0.3) is 0 Å². The third-order valence-corrected chi connectivity index (χ3v) is 6.04. The first-order chi connectivity index (χ1) is 21.0.